The molecule has 0 spiro atoms. The fourth-order valence-electron chi connectivity index (χ4n) is 3.48. The molecule has 5 aromatic rings. The van der Waals surface area contributed by atoms with Gasteiger partial charge in [-0.25, -0.2) is 14.6 Å². The van der Waals surface area contributed by atoms with Crippen molar-refractivity contribution in [3.05, 3.63) is 90.5 Å². The topological polar surface area (TPSA) is 77.6 Å². The van der Waals surface area contributed by atoms with Crippen molar-refractivity contribution in [2.24, 2.45) is 7.05 Å². The molecule has 0 aliphatic rings. The first-order valence-electron chi connectivity index (χ1n) is 10.1. The second-order valence-electron chi connectivity index (χ2n) is 7.30. The van der Waals surface area contributed by atoms with E-state index in [1.807, 2.05) is 85.4 Å². The van der Waals surface area contributed by atoms with Crippen LogP contribution in [0, 0.1) is 6.92 Å². The molecule has 2 aromatic carbocycles. The average Bonchev–Trinajstić information content (AvgIpc) is 3.53. The van der Waals surface area contributed by atoms with Crippen LogP contribution < -0.4 is 5.32 Å². The quantitative estimate of drug-likeness (QED) is 0.419. The Labute approximate surface area is 189 Å². The number of hydrogen-bond acceptors (Lipinski definition) is 5. The SMILES string of the molecule is Cc1cc(C(=O)Nc2nc(-c3ccccc3)c(-c3nccn3C)s2)nn1-c1ccccc1. The number of hydrogen-bond donors (Lipinski definition) is 1. The molecule has 1 N–H and O–H groups in total. The van der Waals surface area contributed by atoms with E-state index in [0.29, 0.717) is 10.8 Å². The predicted molar refractivity (Wildman–Crippen MR) is 126 cm³/mol. The number of nitrogens with zero attached hydrogens (tertiary/aromatic N) is 5. The van der Waals surface area contributed by atoms with Gasteiger partial charge in [0.15, 0.2) is 16.6 Å². The molecule has 8 heteroatoms. The number of carbonyl (C=O) groups is 1. The Morgan fingerprint density at radius 2 is 1.75 bits per heavy atom. The van der Waals surface area contributed by atoms with Gasteiger partial charge in [-0.1, -0.05) is 59.9 Å². The minimum Gasteiger partial charge on any atom is -0.333 e. The number of benzene rings is 2. The van der Waals surface area contributed by atoms with Gasteiger partial charge < -0.3 is 4.57 Å². The van der Waals surface area contributed by atoms with Gasteiger partial charge in [0, 0.05) is 30.7 Å². The van der Waals surface area contributed by atoms with Gasteiger partial charge in [0.05, 0.1) is 16.3 Å². The zero-order valence-corrected chi connectivity index (χ0v) is 18.4. The van der Waals surface area contributed by atoms with E-state index in [9.17, 15) is 4.79 Å². The number of carbonyl (C=O) groups excluding carboxylic acids is 1. The Bertz CT molecular complexity index is 1380. The molecule has 158 valence electrons. The van der Waals surface area contributed by atoms with Crippen molar-refractivity contribution >= 4 is 22.4 Å². The number of nitrogens with one attached hydrogen (secondary N) is 1. The lowest BCUT2D eigenvalue weighted by Gasteiger charge is -2.02. The van der Waals surface area contributed by atoms with Crippen LogP contribution in [-0.2, 0) is 7.05 Å². The number of imidazole rings is 1. The molecule has 32 heavy (non-hydrogen) atoms. The molecule has 0 unspecified atom stereocenters. The number of para-hydroxylation sites is 1. The lowest BCUT2D eigenvalue weighted by atomic mass is 10.1. The number of aromatic nitrogens is 5. The predicted octanol–water partition coefficient (Wildman–Crippen LogP) is 4.96. The van der Waals surface area contributed by atoms with Gasteiger partial charge in [0.1, 0.15) is 0 Å². The highest BCUT2D eigenvalue weighted by Crippen LogP contribution is 2.38. The van der Waals surface area contributed by atoms with Crippen LogP contribution in [0.25, 0.3) is 27.6 Å². The highest BCUT2D eigenvalue weighted by Gasteiger charge is 2.21. The van der Waals surface area contributed by atoms with Crippen LogP contribution >= 0.6 is 11.3 Å². The van der Waals surface area contributed by atoms with Crippen LogP contribution in [0.5, 0.6) is 0 Å². The van der Waals surface area contributed by atoms with E-state index in [4.69, 9.17) is 4.98 Å². The summed E-state index contributed by atoms with van der Waals surface area (Å²) in [5.41, 5.74) is 3.86. The average molecular weight is 441 g/mol. The second-order valence-corrected chi connectivity index (χ2v) is 8.30. The van der Waals surface area contributed by atoms with Gasteiger partial charge in [-0.3, -0.25) is 10.1 Å². The molecule has 0 bridgehead atoms. The summed E-state index contributed by atoms with van der Waals surface area (Å²) in [4.78, 5) is 23.1. The van der Waals surface area contributed by atoms with Crippen LogP contribution in [0.15, 0.2) is 79.1 Å². The van der Waals surface area contributed by atoms with Crippen molar-refractivity contribution in [3.8, 4) is 27.6 Å². The molecule has 3 heterocycles. The largest absolute Gasteiger partial charge is 0.333 e. The molecule has 0 radical (unpaired) electrons. The Balaban J connectivity index is 1.48. The summed E-state index contributed by atoms with van der Waals surface area (Å²) in [5.74, 6) is 0.494. The zero-order chi connectivity index (χ0) is 22.1. The number of rotatable bonds is 5. The maximum Gasteiger partial charge on any atom is 0.277 e. The number of aryl methyl sites for hydroxylation is 2. The van der Waals surface area contributed by atoms with Crippen LogP contribution in [-0.4, -0.2) is 30.2 Å². The van der Waals surface area contributed by atoms with Crippen LogP contribution in [0.4, 0.5) is 5.13 Å². The molecule has 0 aliphatic heterocycles. The summed E-state index contributed by atoms with van der Waals surface area (Å²) in [6.07, 6.45) is 3.64. The highest BCUT2D eigenvalue weighted by atomic mass is 32.1. The fraction of sp³-hybridized carbons (Fsp3) is 0.0833. The lowest BCUT2D eigenvalue weighted by molar-refractivity contribution is 0.102. The Hall–Kier alpha value is -4.04. The van der Waals surface area contributed by atoms with Gasteiger partial charge in [-0.05, 0) is 25.1 Å². The van der Waals surface area contributed by atoms with Crippen molar-refractivity contribution in [2.75, 3.05) is 5.32 Å². The minimum absolute atomic E-state index is 0.303. The van der Waals surface area contributed by atoms with E-state index < -0.39 is 0 Å². The monoisotopic (exact) mass is 440 g/mol. The number of anilines is 1. The standard InChI is InChI=1S/C24H20N6OS/c1-16-15-19(28-30(16)18-11-7-4-8-12-18)23(31)27-24-26-20(17-9-5-3-6-10-17)21(32-24)22-25-13-14-29(22)2/h3-15H,1-2H3,(H,26,27,31). The summed E-state index contributed by atoms with van der Waals surface area (Å²) in [7, 11) is 1.94. The molecule has 0 saturated carbocycles. The summed E-state index contributed by atoms with van der Waals surface area (Å²) >= 11 is 1.40. The lowest BCUT2D eigenvalue weighted by Crippen LogP contribution is -2.13. The van der Waals surface area contributed by atoms with Crippen LogP contribution in [0.1, 0.15) is 16.2 Å². The van der Waals surface area contributed by atoms with Gasteiger partial charge >= 0.3 is 0 Å². The van der Waals surface area contributed by atoms with Crippen LogP contribution in [0.3, 0.4) is 0 Å². The molecule has 0 saturated heterocycles. The number of amides is 1. The first-order valence-corrected chi connectivity index (χ1v) is 10.9. The smallest absolute Gasteiger partial charge is 0.277 e. The van der Waals surface area contributed by atoms with Crippen LogP contribution in [0.2, 0.25) is 0 Å². The van der Waals surface area contributed by atoms with Gasteiger partial charge in [-0.15, -0.1) is 0 Å². The molecular formula is C24H20N6OS. The van der Waals surface area contributed by atoms with Gasteiger partial charge in [-0.2, -0.15) is 5.10 Å². The summed E-state index contributed by atoms with van der Waals surface area (Å²) < 4.78 is 3.70. The van der Waals surface area contributed by atoms with Crippen molar-refractivity contribution in [1.29, 1.82) is 0 Å². The third-order valence-electron chi connectivity index (χ3n) is 5.04. The Morgan fingerprint density at radius 1 is 1.03 bits per heavy atom. The normalized spacial score (nSPS) is 10.9. The van der Waals surface area contributed by atoms with Gasteiger partial charge in [0.2, 0.25) is 0 Å². The number of thiazole rings is 1. The van der Waals surface area contributed by atoms with Crippen molar-refractivity contribution in [3.63, 3.8) is 0 Å². The summed E-state index contributed by atoms with van der Waals surface area (Å²) in [6.45, 7) is 1.92. The summed E-state index contributed by atoms with van der Waals surface area (Å²) in [6, 6.07) is 21.4. The van der Waals surface area contributed by atoms with Crippen molar-refractivity contribution in [2.45, 2.75) is 6.92 Å². The molecule has 7 nitrogen and oxygen atoms in total. The molecule has 0 aliphatic carbocycles. The maximum absolute atomic E-state index is 13.0. The van der Waals surface area contributed by atoms with E-state index in [-0.39, 0.29) is 5.91 Å². The van der Waals surface area contributed by atoms with Crippen molar-refractivity contribution < 1.29 is 4.79 Å². The van der Waals surface area contributed by atoms with E-state index in [0.717, 1.165) is 33.3 Å². The highest BCUT2D eigenvalue weighted by molar-refractivity contribution is 7.19. The van der Waals surface area contributed by atoms with Crippen molar-refractivity contribution in [1.82, 2.24) is 24.3 Å². The van der Waals surface area contributed by atoms with E-state index in [1.54, 1.807) is 16.9 Å². The van der Waals surface area contributed by atoms with E-state index in [2.05, 4.69) is 15.4 Å². The molecule has 1 amide bonds. The Morgan fingerprint density at radius 3 is 2.44 bits per heavy atom. The Kier molecular flexibility index (Phi) is 5.12. The molecular weight excluding hydrogens is 420 g/mol. The molecule has 5 rings (SSSR count). The van der Waals surface area contributed by atoms with E-state index in [1.165, 1.54) is 11.3 Å². The minimum atomic E-state index is -0.303. The molecule has 3 aromatic heterocycles. The zero-order valence-electron chi connectivity index (χ0n) is 17.6. The fourth-order valence-corrected chi connectivity index (χ4v) is 4.50. The van der Waals surface area contributed by atoms with E-state index >= 15 is 0 Å². The third kappa shape index (κ3) is 3.72. The van der Waals surface area contributed by atoms with Gasteiger partial charge in [0.25, 0.3) is 5.91 Å². The maximum atomic E-state index is 13.0. The first kappa shape index (κ1) is 19.9. The summed E-state index contributed by atoms with van der Waals surface area (Å²) in [5, 5.41) is 7.91. The first-order chi connectivity index (χ1) is 15.6. The molecule has 0 atom stereocenters. The second kappa shape index (κ2) is 8.24. The molecule has 0 fully saturated rings. The third-order valence-corrected chi connectivity index (χ3v) is 6.01.